The third-order valence-corrected chi connectivity index (χ3v) is 2.46. The molecule has 1 aromatic carbocycles. The van der Waals surface area contributed by atoms with E-state index in [1.807, 2.05) is 35.0 Å². The molecule has 0 aliphatic rings. The van der Waals surface area contributed by atoms with E-state index in [1.54, 1.807) is 7.11 Å². The third-order valence-electron chi connectivity index (χ3n) is 2.46. The van der Waals surface area contributed by atoms with Crippen molar-refractivity contribution < 1.29 is 9.66 Å². The first kappa shape index (κ1) is 11.3. The van der Waals surface area contributed by atoms with Gasteiger partial charge in [0.25, 0.3) is 0 Å². The Bertz CT molecular complexity index is 572. The molecule has 2 rings (SSSR count). The normalized spacial score (nSPS) is 11.4. The largest absolute Gasteiger partial charge is 0.364 e. The highest BCUT2D eigenvalue weighted by Gasteiger charge is 2.06. The molecule has 5 heteroatoms. The number of methoxy groups -OCH3 is 1. The second-order valence-electron chi connectivity index (χ2n) is 3.59. The fraction of sp³-hybridized carbons (Fsp3) is 0.167. The van der Waals surface area contributed by atoms with E-state index in [4.69, 9.17) is 4.74 Å². The van der Waals surface area contributed by atoms with Crippen molar-refractivity contribution in [1.29, 1.82) is 0 Å². The van der Waals surface area contributed by atoms with Crippen molar-refractivity contribution in [2.75, 3.05) is 7.11 Å². The van der Waals surface area contributed by atoms with Crippen molar-refractivity contribution in [2.45, 2.75) is 6.73 Å². The maximum absolute atomic E-state index is 10.3. The molecule has 88 valence electrons. The third kappa shape index (κ3) is 2.34. The van der Waals surface area contributed by atoms with Gasteiger partial charge in [-0.05, 0) is 6.07 Å². The molecule has 0 radical (unpaired) electrons. The fourth-order valence-corrected chi connectivity index (χ4v) is 1.80. The van der Waals surface area contributed by atoms with Crippen LogP contribution < -0.4 is 0 Å². The lowest BCUT2D eigenvalue weighted by molar-refractivity contribution is -0.400. The van der Waals surface area contributed by atoms with Crippen LogP contribution in [0.15, 0.2) is 36.7 Å². The Kier molecular flexibility index (Phi) is 3.20. The molecule has 0 fully saturated rings. The molecule has 5 nitrogen and oxygen atoms in total. The Morgan fingerprint density at radius 3 is 2.94 bits per heavy atom. The monoisotopic (exact) mass is 232 g/mol. The van der Waals surface area contributed by atoms with Gasteiger partial charge in [0.15, 0.2) is 0 Å². The molecule has 0 N–H and O–H groups in total. The summed E-state index contributed by atoms with van der Waals surface area (Å²) in [6, 6.07) is 7.72. The molecular weight excluding hydrogens is 220 g/mol. The molecule has 0 aliphatic carbocycles. The molecule has 0 aliphatic heterocycles. The van der Waals surface area contributed by atoms with E-state index in [9.17, 15) is 10.1 Å². The summed E-state index contributed by atoms with van der Waals surface area (Å²) in [5.41, 5.74) is 1.81. The Morgan fingerprint density at radius 2 is 2.24 bits per heavy atom. The number of nitro groups is 1. The van der Waals surface area contributed by atoms with Crippen molar-refractivity contribution >= 4 is 17.0 Å². The van der Waals surface area contributed by atoms with Crippen molar-refractivity contribution in [3.8, 4) is 0 Å². The van der Waals surface area contributed by atoms with Crippen LogP contribution in [0.25, 0.3) is 17.0 Å². The van der Waals surface area contributed by atoms with Crippen molar-refractivity contribution in [3.63, 3.8) is 0 Å². The van der Waals surface area contributed by atoms with Gasteiger partial charge in [-0.3, -0.25) is 10.1 Å². The number of benzene rings is 1. The minimum Gasteiger partial charge on any atom is -0.364 e. The lowest BCUT2D eigenvalue weighted by Gasteiger charge is -2.01. The molecule has 17 heavy (non-hydrogen) atoms. The minimum absolute atomic E-state index is 0.423. The van der Waals surface area contributed by atoms with Crippen LogP contribution in [0.4, 0.5) is 0 Å². The van der Waals surface area contributed by atoms with Crippen LogP contribution in [0.2, 0.25) is 0 Å². The maximum Gasteiger partial charge on any atom is 0.235 e. The van der Waals surface area contributed by atoms with E-state index < -0.39 is 4.92 Å². The first-order chi connectivity index (χ1) is 8.22. The molecular formula is C12H12N2O3. The van der Waals surface area contributed by atoms with Gasteiger partial charge in [-0.1, -0.05) is 18.2 Å². The number of nitrogens with zero attached hydrogens (tertiary/aromatic N) is 2. The average molecular weight is 232 g/mol. The molecule has 0 atom stereocenters. The Hall–Kier alpha value is -2.14. The fourth-order valence-electron chi connectivity index (χ4n) is 1.80. The first-order valence-electron chi connectivity index (χ1n) is 5.11. The van der Waals surface area contributed by atoms with E-state index in [0.29, 0.717) is 6.73 Å². The predicted molar refractivity (Wildman–Crippen MR) is 65.0 cm³/mol. The number of rotatable bonds is 4. The van der Waals surface area contributed by atoms with Crippen LogP contribution >= 0.6 is 0 Å². The standard InChI is InChI=1S/C12H12N2O3/c1-17-9-13-8-10(6-7-14(15)16)11-4-2-3-5-12(11)13/h2-8H,9H2,1H3/b7-6+. The number of aromatic nitrogens is 1. The molecule has 0 saturated carbocycles. The van der Waals surface area contributed by atoms with Crippen molar-refractivity contribution in [2.24, 2.45) is 0 Å². The summed E-state index contributed by atoms with van der Waals surface area (Å²) in [6.45, 7) is 0.423. The van der Waals surface area contributed by atoms with Crippen LogP contribution in [0.1, 0.15) is 5.56 Å². The second kappa shape index (κ2) is 4.80. The number of hydrogen-bond acceptors (Lipinski definition) is 3. The van der Waals surface area contributed by atoms with E-state index in [-0.39, 0.29) is 0 Å². The lowest BCUT2D eigenvalue weighted by Crippen LogP contribution is -1.96. The molecule has 1 heterocycles. The van der Waals surface area contributed by atoms with Gasteiger partial charge in [-0.25, -0.2) is 0 Å². The van der Waals surface area contributed by atoms with Gasteiger partial charge in [0.2, 0.25) is 6.20 Å². The van der Waals surface area contributed by atoms with Gasteiger partial charge < -0.3 is 9.30 Å². The Labute approximate surface area is 98.1 Å². The average Bonchev–Trinajstić information content (AvgIpc) is 2.66. The quantitative estimate of drug-likeness (QED) is 0.601. The zero-order valence-corrected chi connectivity index (χ0v) is 9.37. The van der Waals surface area contributed by atoms with E-state index in [2.05, 4.69) is 0 Å². The Morgan fingerprint density at radius 1 is 1.47 bits per heavy atom. The van der Waals surface area contributed by atoms with Gasteiger partial charge >= 0.3 is 0 Å². The summed E-state index contributed by atoms with van der Waals surface area (Å²) < 4.78 is 6.99. The van der Waals surface area contributed by atoms with E-state index in [0.717, 1.165) is 22.7 Å². The highest BCUT2D eigenvalue weighted by atomic mass is 16.6. The predicted octanol–water partition coefficient (Wildman–Crippen LogP) is 2.49. The summed E-state index contributed by atoms with van der Waals surface area (Å²) >= 11 is 0. The molecule has 0 bridgehead atoms. The SMILES string of the molecule is COCn1cc(/C=C/[N+](=O)[O-])c2ccccc21. The van der Waals surface area contributed by atoms with Crippen LogP contribution in [0.3, 0.4) is 0 Å². The van der Waals surface area contributed by atoms with Crippen LogP contribution in [0.5, 0.6) is 0 Å². The van der Waals surface area contributed by atoms with Crippen LogP contribution in [0, 0.1) is 10.1 Å². The van der Waals surface area contributed by atoms with Crippen LogP contribution in [-0.4, -0.2) is 16.6 Å². The van der Waals surface area contributed by atoms with Crippen molar-refractivity contribution in [1.82, 2.24) is 4.57 Å². The number of ether oxygens (including phenoxy) is 1. The van der Waals surface area contributed by atoms with E-state index in [1.165, 1.54) is 6.08 Å². The van der Waals surface area contributed by atoms with Gasteiger partial charge in [0.05, 0.1) is 10.4 Å². The van der Waals surface area contributed by atoms with Gasteiger partial charge in [0, 0.05) is 30.3 Å². The maximum atomic E-state index is 10.3. The molecule has 2 aromatic rings. The van der Waals surface area contributed by atoms with Crippen molar-refractivity contribution in [3.05, 3.63) is 52.3 Å². The lowest BCUT2D eigenvalue weighted by atomic mass is 10.2. The highest BCUT2D eigenvalue weighted by Crippen LogP contribution is 2.22. The van der Waals surface area contributed by atoms with Gasteiger partial charge in [-0.2, -0.15) is 0 Å². The molecule has 1 aromatic heterocycles. The van der Waals surface area contributed by atoms with Crippen LogP contribution in [-0.2, 0) is 11.5 Å². The van der Waals surface area contributed by atoms with Gasteiger partial charge in [-0.15, -0.1) is 0 Å². The second-order valence-corrected chi connectivity index (χ2v) is 3.59. The summed E-state index contributed by atoms with van der Waals surface area (Å²) in [5.74, 6) is 0. The molecule has 0 amide bonds. The zero-order valence-electron chi connectivity index (χ0n) is 9.37. The minimum atomic E-state index is -0.470. The highest BCUT2D eigenvalue weighted by molar-refractivity contribution is 5.89. The topological polar surface area (TPSA) is 57.3 Å². The van der Waals surface area contributed by atoms with E-state index >= 15 is 0 Å². The number of para-hydroxylation sites is 1. The summed E-state index contributed by atoms with van der Waals surface area (Å²) in [5, 5.41) is 11.3. The zero-order chi connectivity index (χ0) is 12.3. The first-order valence-corrected chi connectivity index (χ1v) is 5.11. The smallest absolute Gasteiger partial charge is 0.235 e. The summed E-state index contributed by atoms with van der Waals surface area (Å²) in [6.07, 6.45) is 4.28. The summed E-state index contributed by atoms with van der Waals surface area (Å²) in [4.78, 5) is 9.86. The summed E-state index contributed by atoms with van der Waals surface area (Å²) in [7, 11) is 1.61. The molecule has 0 unspecified atom stereocenters. The molecule has 0 spiro atoms. The Balaban J connectivity index is 2.52. The number of hydrogen-bond donors (Lipinski definition) is 0. The molecule has 0 saturated heterocycles. The van der Waals surface area contributed by atoms with Gasteiger partial charge in [0.1, 0.15) is 6.73 Å². The number of fused-ring (bicyclic) bond motifs is 1.